The summed E-state index contributed by atoms with van der Waals surface area (Å²) in [7, 11) is 0. The zero-order valence-corrected chi connectivity index (χ0v) is 8.92. The van der Waals surface area contributed by atoms with Gasteiger partial charge in [0.05, 0.1) is 0 Å². The lowest BCUT2D eigenvalue weighted by atomic mass is 9.75. The van der Waals surface area contributed by atoms with E-state index in [0.29, 0.717) is 12.0 Å². The highest BCUT2D eigenvalue weighted by Gasteiger charge is 2.28. The van der Waals surface area contributed by atoms with Crippen molar-refractivity contribution in [1.82, 2.24) is 5.32 Å². The predicted octanol–water partition coefficient (Wildman–Crippen LogP) is 2.19. The number of carbonyl (C=O) groups excluding carboxylic acids is 1. The molecular formula is C11H21NO. The van der Waals surface area contributed by atoms with Gasteiger partial charge in [-0.15, -0.1) is 0 Å². The maximum atomic E-state index is 10.4. The van der Waals surface area contributed by atoms with Gasteiger partial charge in [0.2, 0.25) is 6.41 Å². The molecule has 1 fully saturated rings. The monoisotopic (exact) mass is 183 g/mol. The van der Waals surface area contributed by atoms with Gasteiger partial charge in [0.1, 0.15) is 0 Å². The number of carbonyl (C=O) groups is 1. The standard InChI is InChI=1S/C11H21NO/c1-8(2)10-5-4-9(3)11(6-10)12-7-13/h7-11H,4-6H2,1-3H3,(H,12,13). The van der Waals surface area contributed by atoms with Gasteiger partial charge in [-0.2, -0.15) is 0 Å². The molecule has 0 radical (unpaired) electrons. The van der Waals surface area contributed by atoms with Crippen molar-refractivity contribution in [2.75, 3.05) is 0 Å². The molecule has 0 aromatic rings. The van der Waals surface area contributed by atoms with Crippen molar-refractivity contribution in [2.24, 2.45) is 17.8 Å². The van der Waals surface area contributed by atoms with Crippen LogP contribution in [0.25, 0.3) is 0 Å². The Kier molecular flexibility index (Phi) is 3.76. The second-order valence-corrected chi connectivity index (χ2v) is 4.69. The quantitative estimate of drug-likeness (QED) is 0.668. The van der Waals surface area contributed by atoms with Crippen LogP contribution in [0.4, 0.5) is 0 Å². The minimum absolute atomic E-state index is 0.415. The highest BCUT2D eigenvalue weighted by atomic mass is 16.1. The molecule has 0 aromatic heterocycles. The summed E-state index contributed by atoms with van der Waals surface area (Å²) in [5, 5.41) is 2.94. The fraction of sp³-hybridized carbons (Fsp3) is 0.909. The van der Waals surface area contributed by atoms with Crippen LogP contribution in [0.3, 0.4) is 0 Å². The summed E-state index contributed by atoms with van der Waals surface area (Å²) in [6, 6.07) is 0.415. The molecule has 1 N–H and O–H groups in total. The van der Waals surface area contributed by atoms with E-state index >= 15 is 0 Å². The number of rotatable bonds is 3. The summed E-state index contributed by atoms with van der Waals surface area (Å²) in [4.78, 5) is 10.4. The molecular weight excluding hydrogens is 162 g/mol. The zero-order valence-electron chi connectivity index (χ0n) is 8.92. The maximum Gasteiger partial charge on any atom is 0.207 e. The van der Waals surface area contributed by atoms with Crippen LogP contribution in [0, 0.1) is 17.8 Å². The van der Waals surface area contributed by atoms with E-state index in [-0.39, 0.29) is 0 Å². The molecule has 2 nitrogen and oxygen atoms in total. The third-order valence-corrected chi connectivity index (χ3v) is 3.46. The first-order valence-corrected chi connectivity index (χ1v) is 5.34. The SMILES string of the molecule is CC(C)C1CCC(C)C(NC=O)C1. The molecule has 0 saturated heterocycles. The second kappa shape index (κ2) is 4.64. The first-order chi connectivity index (χ1) is 6.15. The summed E-state index contributed by atoms with van der Waals surface area (Å²) in [6.45, 7) is 6.79. The molecule has 1 aliphatic rings. The Hall–Kier alpha value is -0.530. The lowest BCUT2D eigenvalue weighted by molar-refractivity contribution is -0.110. The molecule has 76 valence electrons. The topological polar surface area (TPSA) is 29.1 Å². The van der Waals surface area contributed by atoms with Gasteiger partial charge in [0.25, 0.3) is 0 Å². The van der Waals surface area contributed by atoms with Gasteiger partial charge in [0.15, 0.2) is 0 Å². The van der Waals surface area contributed by atoms with Gasteiger partial charge in [-0.3, -0.25) is 4.79 Å². The molecule has 0 heterocycles. The number of hydrogen-bond acceptors (Lipinski definition) is 1. The predicted molar refractivity (Wildman–Crippen MR) is 54.3 cm³/mol. The van der Waals surface area contributed by atoms with Crippen molar-refractivity contribution < 1.29 is 4.79 Å². The molecule has 1 saturated carbocycles. The molecule has 0 aliphatic heterocycles. The first-order valence-electron chi connectivity index (χ1n) is 5.34. The van der Waals surface area contributed by atoms with Crippen LogP contribution in [0.5, 0.6) is 0 Å². The Morgan fingerprint density at radius 1 is 1.38 bits per heavy atom. The highest BCUT2D eigenvalue weighted by molar-refractivity contribution is 5.46. The lowest BCUT2D eigenvalue weighted by Crippen LogP contribution is -2.40. The molecule has 3 atom stereocenters. The molecule has 1 aliphatic carbocycles. The van der Waals surface area contributed by atoms with Gasteiger partial charge >= 0.3 is 0 Å². The van der Waals surface area contributed by atoms with Gasteiger partial charge in [-0.1, -0.05) is 20.8 Å². The van der Waals surface area contributed by atoms with Crippen LogP contribution >= 0.6 is 0 Å². The molecule has 1 rings (SSSR count). The minimum Gasteiger partial charge on any atom is -0.356 e. The fourth-order valence-electron chi connectivity index (χ4n) is 2.28. The van der Waals surface area contributed by atoms with Crippen LogP contribution in [0.2, 0.25) is 0 Å². The van der Waals surface area contributed by atoms with E-state index in [1.54, 1.807) is 0 Å². The third-order valence-electron chi connectivity index (χ3n) is 3.46. The van der Waals surface area contributed by atoms with E-state index in [2.05, 4.69) is 26.1 Å². The number of nitrogens with one attached hydrogen (secondary N) is 1. The van der Waals surface area contributed by atoms with Crippen molar-refractivity contribution in [3.8, 4) is 0 Å². The Morgan fingerprint density at radius 3 is 2.62 bits per heavy atom. The number of amides is 1. The van der Waals surface area contributed by atoms with Crippen molar-refractivity contribution in [1.29, 1.82) is 0 Å². The van der Waals surface area contributed by atoms with Gasteiger partial charge in [0, 0.05) is 6.04 Å². The third kappa shape index (κ3) is 2.71. The number of hydrogen-bond donors (Lipinski definition) is 1. The Labute approximate surface area is 81.1 Å². The Morgan fingerprint density at radius 2 is 2.08 bits per heavy atom. The average molecular weight is 183 g/mol. The summed E-state index contributed by atoms with van der Waals surface area (Å²) < 4.78 is 0. The molecule has 1 amide bonds. The molecule has 0 bridgehead atoms. The molecule has 0 aromatic carbocycles. The summed E-state index contributed by atoms with van der Waals surface area (Å²) in [5.74, 6) is 2.21. The van der Waals surface area contributed by atoms with Gasteiger partial charge in [-0.05, 0) is 37.0 Å². The van der Waals surface area contributed by atoms with E-state index in [1.165, 1.54) is 12.8 Å². The van der Waals surface area contributed by atoms with Crippen molar-refractivity contribution in [3.05, 3.63) is 0 Å². The zero-order chi connectivity index (χ0) is 9.84. The van der Waals surface area contributed by atoms with Crippen LogP contribution in [-0.2, 0) is 4.79 Å². The molecule has 2 heteroatoms. The van der Waals surface area contributed by atoms with Crippen LogP contribution in [-0.4, -0.2) is 12.5 Å². The van der Waals surface area contributed by atoms with Gasteiger partial charge in [-0.25, -0.2) is 0 Å². The summed E-state index contributed by atoms with van der Waals surface area (Å²) in [5.41, 5.74) is 0. The fourth-order valence-corrected chi connectivity index (χ4v) is 2.28. The van der Waals surface area contributed by atoms with Crippen LogP contribution < -0.4 is 5.32 Å². The lowest BCUT2D eigenvalue weighted by Gasteiger charge is -2.35. The summed E-state index contributed by atoms with van der Waals surface area (Å²) in [6.07, 6.45) is 4.60. The van der Waals surface area contributed by atoms with Crippen molar-refractivity contribution in [3.63, 3.8) is 0 Å². The van der Waals surface area contributed by atoms with E-state index in [9.17, 15) is 4.79 Å². The normalized spacial score (nSPS) is 34.6. The largest absolute Gasteiger partial charge is 0.356 e. The molecule has 0 spiro atoms. The first kappa shape index (κ1) is 10.6. The van der Waals surface area contributed by atoms with Gasteiger partial charge < -0.3 is 5.32 Å². The van der Waals surface area contributed by atoms with Crippen LogP contribution in [0.1, 0.15) is 40.0 Å². The highest BCUT2D eigenvalue weighted by Crippen LogP contribution is 2.32. The second-order valence-electron chi connectivity index (χ2n) is 4.69. The Bertz CT molecular complexity index is 167. The average Bonchev–Trinajstić information content (AvgIpc) is 2.08. The maximum absolute atomic E-state index is 10.4. The van der Waals surface area contributed by atoms with E-state index < -0.39 is 0 Å². The van der Waals surface area contributed by atoms with E-state index in [1.807, 2.05) is 0 Å². The van der Waals surface area contributed by atoms with Crippen molar-refractivity contribution in [2.45, 2.75) is 46.1 Å². The smallest absolute Gasteiger partial charge is 0.207 e. The minimum atomic E-state index is 0.415. The summed E-state index contributed by atoms with van der Waals surface area (Å²) >= 11 is 0. The van der Waals surface area contributed by atoms with Crippen LogP contribution in [0.15, 0.2) is 0 Å². The van der Waals surface area contributed by atoms with E-state index in [4.69, 9.17) is 0 Å². The molecule has 13 heavy (non-hydrogen) atoms. The van der Waals surface area contributed by atoms with E-state index in [0.717, 1.165) is 24.7 Å². The van der Waals surface area contributed by atoms with Crippen molar-refractivity contribution >= 4 is 6.41 Å². The molecule has 3 unspecified atom stereocenters. The Balaban J connectivity index is 2.47.